The van der Waals surface area contributed by atoms with Crippen LogP contribution in [-0.4, -0.2) is 18.6 Å². The summed E-state index contributed by atoms with van der Waals surface area (Å²) in [6.07, 6.45) is 5.33. The summed E-state index contributed by atoms with van der Waals surface area (Å²) in [7, 11) is -3.67. The molecule has 0 bridgehead atoms. The quantitative estimate of drug-likeness (QED) is 0.898. The Morgan fingerprint density at radius 2 is 2.32 bits per heavy atom. The van der Waals surface area contributed by atoms with E-state index < -0.39 is 10.0 Å². The number of anilines is 1. The number of nitrogens with one attached hydrogen (secondary N) is 2. The summed E-state index contributed by atoms with van der Waals surface area (Å²) in [5, 5.41) is 15.7. The summed E-state index contributed by atoms with van der Waals surface area (Å²) in [5.41, 5.74) is 1.46. The van der Waals surface area contributed by atoms with E-state index in [1.165, 1.54) is 23.7 Å². The van der Waals surface area contributed by atoms with Gasteiger partial charge in [0.25, 0.3) is 10.0 Å². The van der Waals surface area contributed by atoms with Crippen molar-refractivity contribution in [1.29, 1.82) is 5.26 Å². The lowest BCUT2D eigenvalue weighted by Crippen LogP contribution is -2.12. The topological polar surface area (TPSA) is 98.6 Å². The Morgan fingerprint density at radius 1 is 1.47 bits per heavy atom. The summed E-state index contributed by atoms with van der Waals surface area (Å²) < 4.78 is 26.6. The molecule has 2 aromatic heterocycles. The molecule has 2 aromatic rings. The summed E-state index contributed by atoms with van der Waals surface area (Å²) >= 11 is 1.35. The highest BCUT2D eigenvalue weighted by Gasteiger charge is 2.25. The van der Waals surface area contributed by atoms with Crippen LogP contribution in [0.2, 0.25) is 0 Å². The van der Waals surface area contributed by atoms with Crippen molar-refractivity contribution in [2.45, 2.75) is 24.2 Å². The first kappa shape index (κ1) is 12.2. The van der Waals surface area contributed by atoms with Crippen molar-refractivity contribution in [3.63, 3.8) is 0 Å². The monoisotopic (exact) mass is 294 g/mol. The fraction of sp³-hybridized carbons (Fsp3) is 0.273. The Labute approximate surface area is 114 Å². The number of aromatic amines is 1. The number of thiophene rings is 1. The van der Waals surface area contributed by atoms with Crippen LogP contribution in [0.25, 0.3) is 0 Å². The van der Waals surface area contributed by atoms with Crippen LogP contribution < -0.4 is 4.72 Å². The Morgan fingerprint density at radius 3 is 3.00 bits per heavy atom. The Hall–Kier alpha value is -1.85. The lowest BCUT2D eigenvalue weighted by molar-refractivity contribution is 0.601. The average Bonchev–Trinajstić information content (AvgIpc) is 3.04. The van der Waals surface area contributed by atoms with Gasteiger partial charge in [-0.15, -0.1) is 11.3 Å². The predicted octanol–water partition coefficient (Wildman–Crippen LogP) is 1.63. The maximum absolute atomic E-state index is 12.1. The van der Waals surface area contributed by atoms with Crippen LogP contribution in [0.15, 0.2) is 17.3 Å². The first-order valence-corrected chi connectivity index (χ1v) is 7.98. The molecule has 1 aliphatic rings. The fourth-order valence-electron chi connectivity index (χ4n) is 2.16. The van der Waals surface area contributed by atoms with Crippen molar-refractivity contribution in [2.24, 2.45) is 0 Å². The normalized spacial score (nSPS) is 14.1. The molecule has 0 atom stereocenters. The third-order valence-electron chi connectivity index (χ3n) is 3.04. The van der Waals surface area contributed by atoms with Gasteiger partial charge in [0.1, 0.15) is 16.0 Å². The molecule has 0 amide bonds. The van der Waals surface area contributed by atoms with E-state index >= 15 is 0 Å². The van der Waals surface area contributed by atoms with Gasteiger partial charge in [0.15, 0.2) is 0 Å². The van der Waals surface area contributed by atoms with Crippen molar-refractivity contribution in [1.82, 2.24) is 10.2 Å². The zero-order chi connectivity index (χ0) is 13.5. The number of aromatic nitrogens is 2. The number of H-pyrrole nitrogens is 1. The number of nitriles is 1. The second-order valence-electron chi connectivity index (χ2n) is 4.21. The molecule has 2 heterocycles. The third kappa shape index (κ3) is 2.01. The molecule has 0 saturated heterocycles. The number of rotatable bonds is 3. The molecule has 19 heavy (non-hydrogen) atoms. The van der Waals surface area contributed by atoms with Gasteiger partial charge in [-0.3, -0.25) is 9.82 Å². The number of sulfonamides is 1. The van der Waals surface area contributed by atoms with E-state index in [1.54, 1.807) is 0 Å². The Bertz CT molecular complexity index is 753. The van der Waals surface area contributed by atoms with Gasteiger partial charge in [-0.05, 0) is 24.8 Å². The minimum absolute atomic E-state index is 0.0601. The molecule has 6 nitrogen and oxygen atoms in total. The van der Waals surface area contributed by atoms with E-state index in [4.69, 9.17) is 0 Å². The number of fused-ring (bicyclic) bond motifs is 1. The van der Waals surface area contributed by atoms with Gasteiger partial charge < -0.3 is 0 Å². The van der Waals surface area contributed by atoms with Crippen molar-refractivity contribution < 1.29 is 8.42 Å². The molecular weight excluding hydrogens is 284 g/mol. The molecule has 0 fully saturated rings. The number of nitrogens with zero attached hydrogens (tertiary/aromatic N) is 2. The standard InChI is InChI=1S/C11H10N4O2S2/c12-4-9-8-2-1-3-10(8)18-11(9)15-19(16,17)7-5-13-14-6-7/h5-6,15H,1-3H2,(H,13,14). The molecule has 0 aliphatic heterocycles. The zero-order valence-electron chi connectivity index (χ0n) is 9.80. The van der Waals surface area contributed by atoms with E-state index in [9.17, 15) is 13.7 Å². The number of hydrogen-bond donors (Lipinski definition) is 2. The lowest BCUT2D eigenvalue weighted by atomic mass is 10.1. The molecule has 0 unspecified atom stereocenters. The molecule has 98 valence electrons. The first-order valence-electron chi connectivity index (χ1n) is 5.68. The van der Waals surface area contributed by atoms with Gasteiger partial charge in [-0.25, -0.2) is 8.42 Å². The fourth-order valence-corrected chi connectivity index (χ4v) is 4.61. The molecule has 3 rings (SSSR count). The van der Waals surface area contributed by atoms with Gasteiger partial charge >= 0.3 is 0 Å². The molecule has 8 heteroatoms. The highest BCUT2D eigenvalue weighted by molar-refractivity contribution is 7.93. The first-order chi connectivity index (χ1) is 9.12. The largest absolute Gasteiger partial charge is 0.284 e. The molecule has 0 saturated carbocycles. The summed E-state index contributed by atoms with van der Waals surface area (Å²) in [5.74, 6) is 0. The zero-order valence-corrected chi connectivity index (χ0v) is 11.4. The maximum Gasteiger partial charge on any atom is 0.265 e. The number of aryl methyl sites for hydroxylation is 1. The minimum Gasteiger partial charge on any atom is -0.284 e. The highest BCUT2D eigenvalue weighted by atomic mass is 32.2. The molecular formula is C11H10N4O2S2. The maximum atomic E-state index is 12.1. The SMILES string of the molecule is N#Cc1c(NS(=O)(=O)c2cn[nH]c2)sc2c1CCC2. The van der Waals surface area contributed by atoms with E-state index in [2.05, 4.69) is 21.0 Å². The van der Waals surface area contributed by atoms with Crippen molar-refractivity contribution in [3.05, 3.63) is 28.4 Å². The van der Waals surface area contributed by atoms with Crippen LogP contribution in [0.1, 0.15) is 22.4 Å². The Balaban J connectivity index is 2.00. The van der Waals surface area contributed by atoms with Crippen molar-refractivity contribution in [3.8, 4) is 6.07 Å². The van der Waals surface area contributed by atoms with Gasteiger partial charge in [-0.2, -0.15) is 10.4 Å². The van der Waals surface area contributed by atoms with E-state index in [0.29, 0.717) is 10.6 Å². The van der Waals surface area contributed by atoms with Crippen molar-refractivity contribution >= 4 is 26.4 Å². The van der Waals surface area contributed by atoms with Gasteiger partial charge in [-0.1, -0.05) is 0 Å². The van der Waals surface area contributed by atoms with Crippen LogP contribution >= 0.6 is 11.3 Å². The second-order valence-corrected chi connectivity index (χ2v) is 7.00. The van der Waals surface area contributed by atoms with E-state index in [1.807, 2.05) is 0 Å². The van der Waals surface area contributed by atoms with E-state index in [-0.39, 0.29) is 4.90 Å². The van der Waals surface area contributed by atoms with Crippen molar-refractivity contribution in [2.75, 3.05) is 4.72 Å². The highest BCUT2D eigenvalue weighted by Crippen LogP contribution is 2.39. The predicted molar refractivity (Wildman–Crippen MR) is 70.5 cm³/mol. The summed E-state index contributed by atoms with van der Waals surface area (Å²) in [6, 6.07) is 2.10. The molecule has 2 N–H and O–H groups in total. The summed E-state index contributed by atoms with van der Waals surface area (Å²) in [4.78, 5) is 1.17. The number of hydrogen-bond acceptors (Lipinski definition) is 5. The molecule has 0 radical (unpaired) electrons. The molecule has 1 aliphatic carbocycles. The molecule has 0 spiro atoms. The minimum atomic E-state index is -3.67. The molecule has 0 aromatic carbocycles. The lowest BCUT2D eigenvalue weighted by Gasteiger charge is -2.04. The smallest absolute Gasteiger partial charge is 0.265 e. The van der Waals surface area contributed by atoms with Gasteiger partial charge in [0.05, 0.1) is 11.8 Å². The Kier molecular flexibility index (Phi) is 2.80. The van der Waals surface area contributed by atoms with E-state index in [0.717, 1.165) is 29.7 Å². The second kappa shape index (κ2) is 4.36. The van der Waals surface area contributed by atoms with Crippen LogP contribution in [0, 0.1) is 11.3 Å². The third-order valence-corrected chi connectivity index (χ3v) is 5.70. The van der Waals surface area contributed by atoms with Crippen LogP contribution in [0.3, 0.4) is 0 Å². The van der Waals surface area contributed by atoms with Crippen LogP contribution in [0.4, 0.5) is 5.00 Å². The average molecular weight is 294 g/mol. The summed E-state index contributed by atoms with van der Waals surface area (Å²) in [6.45, 7) is 0. The van der Waals surface area contributed by atoms with Gasteiger partial charge in [0.2, 0.25) is 0 Å². The van der Waals surface area contributed by atoms with Gasteiger partial charge in [0, 0.05) is 11.1 Å². The van der Waals surface area contributed by atoms with Crippen LogP contribution in [-0.2, 0) is 22.9 Å². The van der Waals surface area contributed by atoms with Crippen LogP contribution in [0.5, 0.6) is 0 Å².